The molecule has 1 heterocycles. The summed E-state index contributed by atoms with van der Waals surface area (Å²) in [5, 5.41) is 0.195. The first-order valence-corrected chi connectivity index (χ1v) is 4.40. The number of aromatic nitrogens is 2. The second-order valence-electron chi connectivity index (χ2n) is 2.87. The fourth-order valence-corrected chi connectivity index (χ4v) is 1.65. The van der Waals surface area contributed by atoms with Crippen molar-refractivity contribution in [1.82, 2.24) is 9.97 Å². The number of allylic oxidation sites excluding steroid dienone is 2. The van der Waals surface area contributed by atoms with Gasteiger partial charge in [-0.15, -0.1) is 11.6 Å². The standard InChI is InChI=1S/C9H9ClN2/c10-9-2-1-7(3-9)8-4-11-6-12-5-8/h3-6,9H,1-2H2. The van der Waals surface area contributed by atoms with E-state index in [2.05, 4.69) is 16.0 Å². The van der Waals surface area contributed by atoms with Gasteiger partial charge in [-0.1, -0.05) is 6.08 Å². The molecular formula is C9H9ClN2. The molecule has 1 aromatic rings. The van der Waals surface area contributed by atoms with E-state index in [4.69, 9.17) is 11.6 Å². The van der Waals surface area contributed by atoms with Crippen molar-refractivity contribution in [3.63, 3.8) is 0 Å². The highest BCUT2D eigenvalue weighted by atomic mass is 35.5. The molecular weight excluding hydrogens is 172 g/mol. The monoisotopic (exact) mass is 180 g/mol. The van der Waals surface area contributed by atoms with Crippen molar-refractivity contribution < 1.29 is 0 Å². The molecule has 0 aromatic carbocycles. The summed E-state index contributed by atoms with van der Waals surface area (Å²) in [6.07, 6.45) is 9.35. The Labute approximate surface area is 76.3 Å². The SMILES string of the molecule is ClC1C=C(c2cncnc2)CC1. The van der Waals surface area contributed by atoms with Crippen LogP contribution in [-0.2, 0) is 0 Å². The van der Waals surface area contributed by atoms with E-state index < -0.39 is 0 Å². The van der Waals surface area contributed by atoms with Crippen molar-refractivity contribution in [1.29, 1.82) is 0 Å². The molecule has 1 aliphatic rings. The first-order chi connectivity index (χ1) is 5.86. The van der Waals surface area contributed by atoms with Gasteiger partial charge >= 0.3 is 0 Å². The zero-order chi connectivity index (χ0) is 8.39. The van der Waals surface area contributed by atoms with E-state index >= 15 is 0 Å². The van der Waals surface area contributed by atoms with Crippen molar-refractivity contribution in [3.05, 3.63) is 30.4 Å². The topological polar surface area (TPSA) is 25.8 Å². The Bertz CT molecular complexity index is 295. The molecule has 1 atom stereocenters. The van der Waals surface area contributed by atoms with Gasteiger partial charge in [-0.3, -0.25) is 0 Å². The zero-order valence-electron chi connectivity index (χ0n) is 6.57. The van der Waals surface area contributed by atoms with Gasteiger partial charge in [0.2, 0.25) is 0 Å². The maximum atomic E-state index is 5.94. The van der Waals surface area contributed by atoms with Crippen molar-refractivity contribution in [3.8, 4) is 0 Å². The van der Waals surface area contributed by atoms with Gasteiger partial charge in [0, 0.05) is 18.0 Å². The minimum absolute atomic E-state index is 0.195. The quantitative estimate of drug-likeness (QED) is 0.620. The highest BCUT2D eigenvalue weighted by Crippen LogP contribution is 2.29. The predicted octanol–water partition coefficient (Wildman–Crippen LogP) is 2.26. The first-order valence-electron chi connectivity index (χ1n) is 3.96. The molecule has 2 nitrogen and oxygen atoms in total. The van der Waals surface area contributed by atoms with Crippen molar-refractivity contribution in [2.24, 2.45) is 0 Å². The van der Waals surface area contributed by atoms with Crippen molar-refractivity contribution in [2.75, 3.05) is 0 Å². The van der Waals surface area contributed by atoms with Crippen LogP contribution in [0.25, 0.3) is 5.57 Å². The van der Waals surface area contributed by atoms with Gasteiger partial charge in [0.25, 0.3) is 0 Å². The van der Waals surface area contributed by atoms with E-state index in [-0.39, 0.29) is 5.38 Å². The number of hydrogen-bond donors (Lipinski definition) is 0. The van der Waals surface area contributed by atoms with Crippen LogP contribution in [0.1, 0.15) is 18.4 Å². The van der Waals surface area contributed by atoms with Crippen LogP contribution in [0.4, 0.5) is 0 Å². The average molecular weight is 181 g/mol. The Balaban J connectivity index is 2.27. The largest absolute Gasteiger partial charge is 0.244 e. The first kappa shape index (κ1) is 7.74. The number of hydrogen-bond acceptors (Lipinski definition) is 2. The number of alkyl halides is 1. The minimum Gasteiger partial charge on any atom is -0.244 e. The van der Waals surface area contributed by atoms with Crippen LogP contribution in [0.3, 0.4) is 0 Å². The predicted molar refractivity (Wildman–Crippen MR) is 48.9 cm³/mol. The van der Waals surface area contributed by atoms with E-state index in [9.17, 15) is 0 Å². The Kier molecular flexibility index (Phi) is 2.09. The maximum Gasteiger partial charge on any atom is 0.115 e. The molecule has 3 heteroatoms. The fraction of sp³-hybridized carbons (Fsp3) is 0.333. The summed E-state index contributed by atoms with van der Waals surface area (Å²) in [5.74, 6) is 0. The molecule has 0 fully saturated rings. The fourth-order valence-electron chi connectivity index (χ4n) is 1.38. The molecule has 0 amide bonds. The molecule has 12 heavy (non-hydrogen) atoms. The number of rotatable bonds is 1. The lowest BCUT2D eigenvalue weighted by molar-refractivity contribution is 0.940. The minimum atomic E-state index is 0.195. The number of halogens is 1. The molecule has 0 saturated heterocycles. The van der Waals surface area contributed by atoms with Gasteiger partial charge in [0.1, 0.15) is 6.33 Å². The summed E-state index contributed by atoms with van der Waals surface area (Å²) in [5.41, 5.74) is 2.37. The summed E-state index contributed by atoms with van der Waals surface area (Å²) in [7, 11) is 0. The molecule has 1 aliphatic carbocycles. The Morgan fingerprint density at radius 2 is 2.08 bits per heavy atom. The maximum absolute atomic E-state index is 5.94. The molecule has 2 rings (SSSR count). The molecule has 0 radical (unpaired) electrons. The van der Waals surface area contributed by atoms with Gasteiger partial charge in [0.15, 0.2) is 0 Å². The average Bonchev–Trinajstić information content (AvgIpc) is 2.54. The van der Waals surface area contributed by atoms with Crippen LogP contribution in [0.5, 0.6) is 0 Å². The molecule has 0 N–H and O–H groups in total. The zero-order valence-corrected chi connectivity index (χ0v) is 7.33. The highest BCUT2D eigenvalue weighted by molar-refractivity contribution is 6.22. The highest BCUT2D eigenvalue weighted by Gasteiger charge is 2.14. The Hall–Kier alpha value is -0.890. The molecule has 0 bridgehead atoms. The third kappa shape index (κ3) is 1.48. The normalized spacial score (nSPS) is 22.4. The lowest BCUT2D eigenvalue weighted by Gasteiger charge is -1.97. The van der Waals surface area contributed by atoms with Crippen LogP contribution in [-0.4, -0.2) is 15.3 Å². The smallest absolute Gasteiger partial charge is 0.115 e. The molecule has 62 valence electrons. The van der Waals surface area contributed by atoms with Crippen LogP contribution in [0, 0.1) is 0 Å². The van der Waals surface area contributed by atoms with Crippen LogP contribution in [0.2, 0.25) is 0 Å². The van der Waals surface area contributed by atoms with E-state index in [1.807, 2.05) is 12.4 Å². The number of nitrogens with zero attached hydrogens (tertiary/aromatic N) is 2. The summed E-state index contributed by atoms with van der Waals surface area (Å²) in [6, 6.07) is 0. The molecule has 0 aliphatic heterocycles. The van der Waals surface area contributed by atoms with Crippen LogP contribution < -0.4 is 0 Å². The van der Waals surface area contributed by atoms with Gasteiger partial charge < -0.3 is 0 Å². The van der Waals surface area contributed by atoms with Crippen molar-refractivity contribution >= 4 is 17.2 Å². The molecule has 0 saturated carbocycles. The van der Waals surface area contributed by atoms with E-state index in [0.717, 1.165) is 18.4 Å². The second kappa shape index (κ2) is 3.23. The second-order valence-corrected chi connectivity index (χ2v) is 3.43. The van der Waals surface area contributed by atoms with Gasteiger partial charge in [-0.05, 0) is 18.4 Å². The summed E-state index contributed by atoms with van der Waals surface area (Å²) >= 11 is 5.94. The van der Waals surface area contributed by atoms with Gasteiger partial charge in [-0.25, -0.2) is 9.97 Å². The van der Waals surface area contributed by atoms with Crippen LogP contribution >= 0.6 is 11.6 Å². The summed E-state index contributed by atoms with van der Waals surface area (Å²) in [4.78, 5) is 7.92. The molecule has 1 aromatic heterocycles. The van der Waals surface area contributed by atoms with Crippen molar-refractivity contribution in [2.45, 2.75) is 18.2 Å². The molecule has 1 unspecified atom stereocenters. The van der Waals surface area contributed by atoms with E-state index in [1.165, 1.54) is 11.9 Å². The Morgan fingerprint density at radius 1 is 1.33 bits per heavy atom. The summed E-state index contributed by atoms with van der Waals surface area (Å²) in [6.45, 7) is 0. The molecule has 0 spiro atoms. The lowest BCUT2D eigenvalue weighted by Crippen LogP contribution is -1.83. The van der Waals surface area contributed by atoms with E-state index in [0.29, 0.717) is 0 Å². The third-order valence-electron chi connectivity index (χ3n) is 2.00. The van der Waals surface area contributed by atoms with Gasteiger partial charge in [0.05, 0.1) is 5.38 Å². The third-order valence-corrected chi connectivity index (χ3v) is 2.35. The lowest BCUT2D eigenvalue weighted by atomic mass is 10.1. The van der Waals surface area contributed by atoms with E-state index in [1.54, 1.807) is 0 Å². The van der Waals surface area contributed by atoms with Gasteiger partial charge in [-0.2, -0.15) is 0 Å². The van der Waals surface area contributed by atoms with Crippen LogP contribution in [0.15, 0.2) is 24.8 Å². The Morgan fingerprint density at radius 3 is 2.67 bits per heavy atom. The summed E-state index contributed by atoms with van der Waals surface area (Å²) < 4.78 is 0.